The average molecular weight is 512 g/mol. The van der Waals surface area contributed by atoms with E-state index in [4.69, 9.17) is 0 Å². The van der Waals surface area contributed by atoms with Gasteiger partial charge in [0.25, 0.3) is 5.56 Å². The summed E-state index contributed by atoms with van der Waals surface area (Å²) in [4.78, 5) is 50.5. The van der Waals surface area contributed by atoms with Gasteiger partial charge in [0, 0.05) is 42.9 Å². The van der Waals surface area contributed by atoms with E-state index in [1.165, 1.54) is 4.57 Å². The van der Waals surface area contributed by atoms with Crippen molar-refractivity contribution in [2.45, 2.75) is 63.7 Å². The number of aromatic amines is 1. The van der Waals surface area contributed by atoms with Crippen molar-refractivity contribution in [3.63, 3.8) is 0 Å². The molecular weight excluding hydrogens is 482 g/mol. The number of pyridine rings is 1. The van der Waals surface area contributed by atoms with Crippen molar-refractivity contribution in [2.24, 2.45) is 5.92 Å². The van der Waals surface area contributed by atoms with Gasteiger partial charge in [0.15, 0.2) is 5.65 Å². The van der Waals surface area contributed by atoms with Crippen molar-refractivity contribution in [3.8, 4) is 11.4 Å². The molecule has 7 rings (SSSR count). The molecule has 4 aromatic rings. The average Bonchev–Trinajstić information content (AvgIpc) is 3.77. The Hall–Kier alpha value is -4.21. The minimum Gasteiger partial charge on any atom is -0.366 e. The largest absolute Gasteiger partial charge is 0.366 e. The highest BCUT2D eigenvalue weighted by Crippen LogP contribution is 2.37. The van der Waals surface area contributed by atoms with Crippen LogP contribution in [0.3, 0.4) is 0 Å². The third kappa shape index (κ3) is 4.40. The van der Waals surface area contributed by atoms with E-state index >= 15 is 0 Å². The molecular formula is C28H29N7O3. The first-order valence-corrected chi connectivity index (χ1v) is 13.4. The van der Waals surface area contributed by atoms with E-state index in [1.807, 2.05) is 30.3 Å². The van der Waals surface area contributed by atoms with Crippen LogP contribution in [-0.2, 0) is 17.9 Å². The number of rotatable bonds is 9. The number of aromatic nitrogens is 5. The molecule has 0 bridgehead atoms. The Morgan fingerprint density at radius 1 is 0.947 bits per heavy atom. The molecule has 194 valence electrons. The lowest BCUT2D eigenvalue weighted by Crippen LogP contribution is -2.39. The summed E-state index contributed by atoms with van der Waals surface area (Å²) in [6.07, 6.45) is 7.31. The maximum Gasteiger partial charge on any atom is 0.333 e. The van der Waals surface area contributed by atoms with Crippen LogP contribution in [-0.4, -0.2) is 30.0 Å². The van der Waals surface area contributed by atoms with Gasteiger partial charge in [-0.3, -0.25) is 18.7 Å². The molecule has 3 saturated carbocycles. The lowest BCUT2D eigenvalue weighted by atomic mass is 10.1. The number of benzene rings is 1. The Bertz CT molecular complexity index is 1650. The molecule has 0 aliphatic heterocycles. The normalized spacial score (nSPS) is 17.1. The van der Waals surface area contributed by atoms with Gasteiger partial charge in [-0.1, -0.05) is 24.3 Å². The monoisotopic (exact) mass is 511 g/mol. The van der Waals surface area contributed by atoms with Gasteiger partial charge in [-0.2, -0.15) is 0 Å². The van der Waals surface area contributed by atoms with Gasteiger partial charge in [-0.05, 0) is 61.8 Å². The van der Waals surface area contributed by atoms with Crippen molar-refractivity contribution >= 4 is 22.9 Å². The van der Waals surface area contributed by atoms with E-state index in [0.717, 1.165) is 55.2 Å². The fraction of sp³-hybridized carbons (Fsp3) is 0.393. The van der Waals surface area contributed by atoms with Crippen LogP contribution < -0.4 is 21.9 Å². The smallest absolute Gasteiger partial charge is 0.333 e. The molecule has 38 heavy (non-hydrogen) atoms. The van der Waals surface area contributed by atoms with Gasteiger partial charge in [0.1, 0.15) is 17.2 Å². The minimum atomic E-state index is -0.288. The van der Waals surface area contributed by atoms with Crippen molar-refractivity contribution in [2.75, 3.05) is 5.32 Å². The molecule has 0 radical (unpaired) electrons. The molecule has 10 heteroatoms. The van der Waals surface area contributed by atoms with Crippen LogP contribution in [0.1, 0.15) is 61.7 Å². The van der Waals surface area contributed by atoms with Gasteiger partial charge >= 0.3 is 5.69 Å². The fourth-order valence-electron chi connectivity index (χ4n) is 4.91. The molecule has 3 heterocycles. The first-order valence-electron chi connectivity index (χ1n) is 13.4. The van der Waals surface area contributed by atoms with Crippen LogP contribution in [0.2, 0.25) is 0 Å². The number of carbonyl (C=O) groups is 1. The molecule has 3 aliphatic rings. The number of hydrogen-bond donors (Lipinski definition) is 3. The highest BCUT2D eigenvalue weighted by molar-refractivity contribution is 5.80. The van der Waals surface area contributed by atoms with Crippen molar-refractivity contribution in [1.29, 1.82) is 0 Å². The van der Waals surface area contributed by atoms with Crippen LogP contribution in [0.15, 0.2) is 52.2 Å². The van der Waals surface area contributed by atoms with E-state index in [9.17, 15) is 14.4 Å². The molecule has 0 atom stereocenters. The number of nitrogens with one attached hydrogen (secondary N) is 3. The van der Waals surface area contributed by atoms with Crippen molar-refractivity contribution in [3.05, 3.63) is 74.6 Å². The highest BCUT2D eigenvalue weighted by atomic mass is 16.2. The maximum absolute atomic E-state index is 13.1. The maximum atomic E-state index is 13.1. The number of H-pyrrole nitrogens is 1. The summed E-state index contributed by atoms with van der Waals surface area (Å²) in [7, 11) is 0. The van der Waals surface area contributed by atoms with Gasteiger partial charge < -0.3 is 15.6 Å². The zero-order valence-corrected chi connectivity index (χ0v) is 20.9. The predicted octanol–water partition coefficient (Wildman–Crippen LogP) is 3.26. The van der Waals surface area contributed by atoms with Gasteiger partial charge in [0.2, 0.25) is 5.91 Å². The quantitative estimate of drug-likeness (QED) is 0.317. The predicted molar refractivity (Wildman–Crippen MR) is 143 cm³/mol. The van der Waals surface area contributed by atoms with E-state index < -0.39 is 0 Å². The van der Waals surface area contributed by atoms with Crippen molar-refractivity contribution < 1.29 is 4.79 Å². The summed E-state index contributed by atoms with van der Waals surface area (Å²) in [6.45, 7) is 1.13. The number of imidazole rings is 1. The number of amides is 1. The molecule has 1 amide bonds. The fourth-order valence-corrected chi connectivity index (χ4v) is 4.91. The number of carbonyl (C=O) groups excluding carboxylic acids is 1. The zero-order chi connectivity index (χ0) is 25.8. The van der Waals surface area contributed by atoms with Crippen LogP contribution in [0, 0.1) is 5.92 Å². The summed E-state index contributed by atoms with van der Waals surface area (Å²) in [5, 5.41) is 6.34. The second kappa shape index (κ2) is 8.97. The van der Waals surface area contributed by atoms with E-state index in [2.05, 4.69) is 31.7 Å². The van der Waals surface area contributed by atoms with Crippen LogP contribution in [0.25, 0.3) is 22.6 Å². The summed E-state index contributed by atoms with van der Waals surface area (Å²) >= 11 is 0. The lowest BCUT2D eigenvalue weighted by molar-refractivity contribution is -0.122. The Kier molecular flexibility index (Phi) is 5.41. The summed E-state index contributed by atoms with van der Waals surface area (Å²) in [5.74, 6) is 1.59. The van der Waals surface area contributed by atoms with Crippen LogP contribution >= 0.6 is 0 Å². The standard InChI is InChI=1S/C28H29N7O3/c36-26(18-4-5-18)31-14-17-3-1-2-16(12-17)13-29-22-11-6-19(15-30-22)24-32-23-25(33-24)34(20-7-8-20)28(38)35(27(23)37)21-9-10-21/h1-3,6,11-12,15,18,20-21H,4-5,7-10,13-14H2,(H,29,30)(H,31,36)(H,32,33). The summed E-state index contributed by atoms with van der Waals surface area (Å²) in [6, 6.07) is 12.0. The topological polar surface area (TPSA) is 127 Å². The molecule has 1 aromatic carbocycles. The molecule has 3 aromatic heterocycles. The molecule has 3 aliphatic carbocycles. The Morgan fingerprint density at radius 3 is 2.37 bits per heavy atom. The zero-order valence-electron chi connectivity index (χ0n) is 20.9. The van der Waals surface area contributed by atoms with Crippen LogP contribution in [0.5, 0.6) is 0 Å². The van der Waals surface area contributed by atoms with Gasteiger partial charge in [-0.25, -0.2) is 14.8 Å². The lowest BCUT2D eigenvalue weighted by Gasteiger charge is -2.09. The van der Waals surface area contributed by atoms with Crippen molar-refractivity contribution in [1.82, 2.24) is 29.4 Å². The van der Waals surface area contributed by atoms with E-state index in [0.29, 0.717) is 35.9 Å². The first-order chi connectivity index (χ1) is 18.5. The second-order valence-corrected chi connectivity index (χ2v) is 10.7. The molecule has 10 nitrogen and oxygen atoms in total. The second-order valence-electron chi connectivity index (χ2n) is 10.7. The highest BCUT2D eigenvalue weighted by Gasteiger charge is 2.34. The number of anilines is 1. The minimum absolute atomic E-state index is 0.00496. The van der Waals surface area contributed by atoms with Gasteiger partial charge in [-0.15, -0.1) is 0 Å². The third-order valence-corrected chi connectivity index (χ3v) is 7.50. The number of hydrogen-bond acceptors (Lipinski definition) is 6. The first kappa shape index (κ1) is 22.9. The summed E-state index contributed by atoms with van der Waals surface area (Å²) in [5.41, 5.74) is 3.19. The Morgan fingerprint density at radius 2 is 1.68 bits per heavy atom. The third-order valence-electron chi connectivity index (χ3n) is 7.50. The number of fused-ring (bicyclic) bond motifs is 1. The van der Waals surface area contributed by atoms with Crippen LogP contribution in [0.4, 0.5) is 5.82 Å². The molecule has 3 fully saturated rings. The van der Waals surface area contributed by atoms with E-state index in [1.54, 1.807) is 10.8 Å². The molecule has 0 saturated heterocycles. The van der Waals surface area contributed by atoms with E-state index in [-0.39, 0.29) is 35.2 Å². The SMILES string of the molecule is O=C(NCc1cccc(CNc2ccc(-c3nc4c([nH]3)c(=O)n(C3CC3)c(=O)n4C3CC3)cn2)c1)C1CC1. The van der Waals surface area contributed by atoms with Gasteiger partial charge in [0.05, 0.1) is 0 Å². The Balaban J connectivity index is 1.07. The summed E-state index contributed by atoms with van der Waals surface area (Å²) < 4.78 is 3.10. The molecule has 3 N–H and O–H groups in total. The molecule has 0 unspecified atom stereocenters. The Labute approximate surface area is 218 Å². The number of nitrogens with zero attached hydrogens (tertiary/aromatic N) is 4. The molecule has 0 spiro atoms.